The van der Waals surface area contributed by atoms with Crippen molar-refractivity contribution in [2.24, 2.45) is 0 Å². The van der Waals surface area contributed by atoms with Crippen molar-refractivity contribution in [2.75, 3.05) is 0 Å². The second-order valence-electron chi connectivity index (χ2n) is 5.54. The summed E-state index contributed by atoms with van der Waals surface area (Å²) in [5.74, 6) is 0. The maximum absolute atomic E-state index is 4.51. The van der Waals surface area contributed by atoms with Crippen molar-refractivity contribution >= 4 is 21.8 Å². The van der Waals surface area contributed by atoms with Crippen molar-refractivity contribution in [1.29, 1.82) is 0 Å². The van der Waals surface area contributed by atoms with E-state index in [0.717, 1.165) is 0 Å². The van der Waals surface area contributed by atoms with Gasteiger partial charge in [0, 0.05) is 12.4 Å². The third-order valence-corrected chi connectivity index (χ3v) is 5.78. The quantitative estimate of drug-likeness (QED) is 0.687. The Balaban J connectivity index is 3.19. The molecule has 0 radical (unpaired) electrons. The van der Waals surface area contributed by atoms with E-state index < -0.39 is 16.3 Å². The molecular formula is C9H20N2Si2. The second-order valence-corrected chi connectivity index (χ2v) is 15.3. The van der Waals surface area contributed by atoms with Gasteiger partial charge in [-0.15, -0.1) is 0 Å². The minimum atomic E-state index is -1.25. The van der Waals surface area contributed by atoms with Crippen molar-refractivity contribution < 1.29 is 0 Å². The minimum Gasteiger partial charge on any atom is -0.367 e. The van der Waals surface area contributed by atoms with Crippen molar-refractivity contribution in [1.82, 2.24) is 9.22 Å². The summed E-state index contributed by atoms with van der Waals surface area (Å²) in [6, 6.07) is 0. The smallest absolute Gasteiger partial charge is 0.153 e. The third kappa shape index (κ3) is 2.31. The van der Waals surface area contributed by atoms with E-state index in [9.17, 15) is 0 Å². The lowest BCUT2D eigenvalue weighted by molar-refractivity contribution is 1.16. The van der Waals surface area contributed by atoms with Crippen LogP contribution in [0.15, 0.2) is 12.4 Å². The molecule has 0 spiro atoms. The number of rotatable bonds is 2. The molecule has 0 atom stereocenters. The number of hydrogen-bond donors (Lipinski definition) is 0. The van der Waals surface area contributed by atoms with Gasteiger partial charge in [-0.05, 0) is 0 Å². The zero-order valence-electron chi connectivity index (χ0n) is 9.55. The lowest BCUT2D eigenvalue weighted by Gasteiger charge is -2.26. The van der Waals surface area contributed by atoms with Crippen molar-refractivity contribution in [2.45, 2.75) is 39.3 Å². The molecule has 13 heavy (non-hydrogen) atoms. The molecule has 0 aromatic carbocycles. The van der Waals surface area contributed by atoms with Crippen LogP contribution in [0.2, 0.25) is 39.3 Å². The molecule has 0 amide bonds. The molecule has 0 unspecified atom stereocenters. The summed E-state index contributed by atoms with van der Waals surface area (Å²) in [5.41, 5.74) is 1.35. The molecule has 0 fully saturated rings. The Morgan fingerprint density at radius 2 is 1.62 bits per heavy atom. The molecule has 0 bridgehead atoms. The van der Waals surface area contributed by atoms with E-state index in [0.29, 0.717) is 0 Å². The lowest BCUT2D eigenvalue weighted by Crippen LogP contribution is -2.51. The van der Waals surface area contributed by atoms with Crippen LogP contribution >= 0.6 is 0 Å². The molecule has 0 aliphatic rings. The zero-order valence-corrected chi connectivity index (χ0v) is 11.5. The van der Waals surface area contributed by atoms with E-state index >= 15 is 0 Å². The first-order chi connectivity index (χ1) is 5.73. The Morgan fingerprint density at radius 3 is 1.92 bits per heavy atom. The first kappa shape index (κ1) is 10.7. The summed E-state index contributed by atoms with van der Waals surface area (Å²) in [7, 11) is -2.50. The molecule has 2 nitrogen and oxygen atoms in total. The van der Waals surface area contributed by atoms with Gasteiger partial charge in [-0.1, -0.05) is 39.3 Å². The van der Waals surface area contributed by atoms with Crippen LogP contribution in [0.4, 0.5) is 0 Å². The topological polar surface area (TPSA) is 17.8 Å². The normalized spacial score (nSPS) is 13.4. The van der Waals surface area contributed by atoms with Crippen molar-refractivity contribution in [3.63, 3.8) is 0 Å². The fraction of sp³-hybridized carbons (Fsp3) is 0.667. The SMILES string of the molecule is C[Si](C)(C)c1nccn1[Si](C)(C)C. The Kier molecular flexibility index (Phi) is 2.55. The van der Waals surface area contributed by atoms with Gasteiger partial charge in [0.2, 0.25) is 0 Å². The Bertz CT molecular complexity index is 263. The summed E-state index contributed by atoms with van der Waals surface area (Å²) in [6.07, 6.45) is 4.10. The van der Waals surface area contributed by atoms with Gasteiger partial charge in [0.05, 0.1) is 5.45 Å². The predicted molar refractivity (Wildman–Crippen MR) is 64.0 cm³/mol. The Morgan fingerprint density at radius 1 is 1.08 bits per heavy atom. The number of hydrogen-bond acceptors (Lipinski definition) is 1. The van der Waals surface area contributed by atoms with Crippen LogP contribution in [0.1, 0.15) is 0 Å². The van der Waals surface area contributed by atoms with Gasteiger partial charge >= 0.3 is 0 Å². The average molecular weight is 212 g/mol. The fourth-order valence-electron chi connectivity index (χ4n) is 1.40. The zero-order chi connectivity index (χ0) is 10.3. The van der Waals surface area contributed by atoms with Crippen LogP contribution in [-0.2, 0) is 0 Å². The van der Waals surface area contributed by atoms with Crippen LogP contribution in [0.3, 0.4) is 0 Å². The molecule has 0 aliphatic carbocycles. The number of nitrogens with zero attached hydrogens (tertiary/aromatic N) is 2. The summed E-state index contributed by atoms with van der Waals surface area (Å²) < 4.78 is 2.44. The molecular weight excluding hydrogens is 192 g/mol. The summed E-state index contributed by atoms with van der Waals surface area (Å²) in [5, 5.41) is 0. The predicted octanol–water partition coefficient (Wildman–Crippen LogP) is 2.11. The van der Waals surface area contributed by atoms with Crippen molar-refractivity contribution in [3.05, 3.63) is 12.4 Å². The minimum absolute atomic E-state index is 1.25. The van der Waals surface area contributed by atoms with E-state index in [4.69, 9.17) is 0 Å². The van der Waals surface area contributed by atoms with Crippen LogP contribution in [0.25, 0.3) is 0 Å². The van der Waals surface area contributed by atoms with Gasteiger partial charge < -0.3 is 4.23 Å². The molecule has 1 heterocycles. The Labute approximate surface area is 83.1 Å². The summed E-state index contributed by atoms with van der Waals surface area (Å²) in [6.45, 7) is 14.1. The summed E-state index contributed by atoms with van der Waals surface area (Å²) in [4.78, 5) is 4.51. The first-order valence-electron chi connectivity index (χ1n) is 4.77. The van der Waals surface area contributed by atoms with E-state index in [1.165, 1.54) is 5.45 Å². The highest BCUT2D eigenvalue weighted by atomic mass is 28.3. The van der Waals surface area contributed by atoms with Crippen LogP contribution in [0.5, 0.6) is 0 Å². The molecule has 1 aromatic rings. The molecule has 0 N–H and O–H groups in total. The number of aromatic nitrogens is 2. The van der Waals surface area contributed by atoms with Gasteiger partial charge in [0.1, 0.15) is 8.07 Å². The molecule has 1 rings (SSSR count). The van der Waals surface area contributed by atoms with E-state index in [-0.39, 0.29) is 0 Å². The third-order valence-electron chi connectivity index (χ3n) is 2.03. The maximum atomic E-state index is 4.51. The van der Waals surface area contributed by atoms with Gasteiger partial charge in [0.25, 0.3) is 0 Å². The monoisotopic (exact) mass is 212 g/mol. The molecule has 0 saturated heterocycles. The highest BCUT2D eigenvalue weighted by molar-refractivity contribution is 6.89. The molecule has 0 aliphatic heterocycles. The maximum Gasteiger partial charge on any atom is 0.153 e. The van der Waals surface area contributed by atoms with Crippen LogP contribution in [-0.4, -0.2) is 25.5 Å². The second kappa shape index (κ2) is 3.10. The van der Waals surface area contributed by atoms with Gasteiger partial charge in [-0.25, -0.2) is 4.98 Å². The standard InChI is InChI=1S/C9H20N2Si2/c1-12(2,3)9-10-7-8-11(9)13(4,5)6/h7-8H,1-6H3. The Hall–Kier alpha value is -0.356. The van der Waals surface area contributed by atoms with E-state index in [1.54, 1.807) is 0 Å². The van der Waals surface area contributed by atoms with Gasteiger partial charge in [-0.3, -0.25) is 0 Å². The molecule has 0 saturated carbocycles. The fourth-order valence-corrected chi connectivity index (χ4v) is 5.88. The van der Waals surface area contributed by atoms with Gasteiger partial charge in [0.15, 0.2) is 8.24 Å². The van der Waals surface area contributed by atoms with E-state index in [1.807, 2.05) is 6.20 Å². The van der Waals surface area contributed by atoms with Gasteiger partial charge in [-0.2, -0.15) is 0 Å². The number of imidazole rings is 1. The molecule has 74 valence electrons. The van der Waals surface area contributed by atoms with Crippen LogP contribution < -0.4 is 5.45 Å². The first-order valence-corrected chi connectivity index (χ1v) is 11.7. The highest BCUT2D eigenvalue weighted by Crippen LogP contribution is 2.08. The highest BCUT2D eigenvalue weighted by Gasteiger charge is 2.27. The largest absolute Gasteiger partial charge is 0.367 e. The molecule has 4 heteroatoms. The van der Waals surface area contributed by atoms with E-state index in [2.05, 4.69) is 54.7 Å². The van der Waals surface area contributed by atoms with Crippen molar-refractivity contribution in [3.8, 4) is 0 Å². The average Bonchev–Trinajstić information content (AvgIpc) is 2.27. The molecule has 1 aromatic heterocycles. The lowest BCUT2D eigenvalue weighted by atomic mass is 11.0. The van der Waals surface area contributed by atoms with Crippen LogP contribution in [0, 0.1) is 0 Å². The summed E-state index contributed by atoms with van der Waals surface area (Å²) >= 11 is 0.